The van der Waals surface area contributed by atoms with Gasteiger partial charge in [0.25, 0.3) is 0 Å². The van der Waals surface area contributed by atoms with Gasteiger partial charge in [0.2, 0.25) is 0 Å². The van der Waals surface area contributed by atoms with Crippen molar-refractivity contribution < 1.29 is 0 Å². The fourth-order valence-corrected chi connectivity index (χ4v) is 0.965. The minimum Gasteiger partial charge on any atom is -0.382 e. The molecule has 1 aromatic heterocycles. The Morgan fingerprint density at radius 1 is 1.58 bits per heavy atom. The predicted molar refractivity (Wildman–Crippen MR) is 49.6 cm³/mol. The topological polar surface area (TPSA) is 66.0 Å². The summed E-state index contributed by atoms with van der Waals surface area (Å²) in [6.45, 7) is 0. The predicted octanol–water partition coefficient (Wildman–Crippen LogP) is 0.432. The normalized spacial score (nSPS) is 9.50. The van der Waals surface area contributed by atoms with E-state index >= 15 is 0 Å². The number of nitrogens with two attached hydrogens (primary N) is 1. The zero-order valence-corrected chi connectivity index (χ0v) is 7.20. The standard InChI is InChI=1S/C8H12N4/c1-12(2)6-4-3-5-11-7(6)8(9)10/h3-5H,1-2H3,(H3,9,10). The Morgan fingerprint density at radius 2 is 2.25 bits per heavy atom. The molecule has 4 heteroatoms. The number of hydrogen-bond acceptors (Lipinski definition) is 3. The maximum absolute atomic E-state index is 7.26. The van der Waals surface area contributed by atoms with Gasteiger partial charge in [-0.25, -0.2) is 0 Å². The Labute approximate surface area is 71.5 Å². The third-order valence-electron chi connectivity index (χ3n) is 1.52. The van der Waals surface area contributed by atoms with Crippen LogP contribution in [0.1, 0.15) is 5.69 Å². The van der Waals surface area contributed by atoms with E-state index in [1.54, 1.807) is 6.20 Å². The molecule has 0 saturated carbocycles. The van der Waals surface area contributed by atoms with Crippen LogP contribution in [0.15, 0.2) is 18.3 Å². The number of amidine groups is 1. The molecular weight excluding hydrogens is 152 g/mol. The van der Waals surface area contributed by atoms with E-state index in [-0.39, 0.29) is 5.84 Å². The number of anilines is 1. The summed E-state index contributed by atoms with van der Waals surface area (Å²) in [4.78, 5) is 5.89. The summed E-state index contributed by atoms with van der Waals surface area (Å²) >= 11 is 0. The second kappa shape index (κ2) is 3.21. The number of nitrogen functional groups attached to an aromatic ring is 1. The molecule has 0 bridgehead atoms. The number of rotatable bonds is 2. The molecular formula is C8H12N4. The van der Waals surface area contributed by atoms with Crippen molar-refractivity contribution in [3.8, 4) is 0 Å². The molecule has 1 rings (SSSR count). The van der Waals surface area contributed by atoms with E-state index in [2.05, 4.69) is 4.98 Å². The quantitative estimate of drug-likeness (QED) is 0.492. The molecule has 0 amide bonds. The van der Waals surface area contributed by atoms with E-state index in [9.17, 15) is 0 Å². The van der Waals surface area contributed by atoms with Crippen LogP contribution in [0.2, 0.25) is 0 Å². The maximum Gasteiger partial charge on any atom is 0.143 e. The molecule has 0 saturated heterocycles. The molecule has 1 aromatic rings. The molecule has 1 heterocycles. The van der Waals surface area contributed by atoms with Gasteiger partial charge in [0.05, 0.1) is 5.69 Å². The second-order valence-electron chi connectivity index (χ2n) is 2.68. The summed E-state index contributed by atoms with van der Waals surface area (Å²) in [5.74, 6) is -0.000648. The molecule has 0 aliphatic heterocycles. The summed E-state index contributed by atoms with van der Waals surface area (Å²) in [5, 5.41) is 7.26. The Kier molecular flexibility index (Phi) is 2.28. The van der Waals surface area contributed by atoms with Crippen LogP contribution in [0.3, 0.4) is 0 Å². The van der Waals surface area contributed by atoms with Gasteiger partial charge >= 0.3 is 0 Å². The Morgan fingerprint density at radius 3 is 2.67 bits per heavy atom. The van der Waals surface area contributed by atoms with Gasteiger partial charge in [-0.15, -0.1) is 0 Å². The highest BCUT2D eigenvalue weighted by Crippen LogP contribution is 2.13. The van der Waals surface area contributed by atoms with Crippen molar-refractivity contribution in [3.63, 3.8) is 0 Å². The lowest BCUT2D eigenvalue weighted by Gasteiger charge is -2.14. The third-order valence-corrected chi connectivity index (χ3v) is 1.52. The van der Waals surface area contributed by atoms with Crippen LogP contribution >= 0.6 is 0 Å². The highest BCUT2D eigenvalue weighted by atomic mass is 15.1. The van der Waals surface area contributed by atoms with Crippen LogP contribution in [0.5, 0.6) is 0 Å². The first-order chi connectivity index (χ1) is 5.63. The molecule has 0 fully saturated rings. The highest BCUT2D eigenvalue weighted by Gasteiger charge is 2.06. The van der Waals surface area contributed by atoms with Crippen molar-refractivity contribution >= 4 is 11.5 Å². The minimum absolute atomic E-state index is 0.000648. The summed E-state index contributed by atoms with van der Waals surface area (Å²) in [6.07, 6.45) is 1.63. The van der Waals surface area contributed by atoms with Gasteiger partial charge in [-0.1, -0.05) is 0 Å². The number of aromatic nitrogens is 1. The number of pyridine rings is 1. The molecule has 3 N–H and O–H groups in total. The van der Waals surface area contributed by atoms with Crippen molar-refractivity contribution in [1.82, 2.24) is 4.98 Å². The third kappa shape index (κ3) is 1.53. The zero-order valence-electron chi connectivity index (χ0n) is 7.20. The fraction of sp³-hybridized carbons (Fsp3) is 0.250. The number of hydrogen-bond donors (Lipinski definition) is 2. The minimum atomic E-state index is -0.000648. The molecule has 0 aliphatic carbocycles. The van der Waals surface area contributed by atoms with Crippen LogP contribution in [0.4, 0.5) is 5.69 Å². The van der Waals surface area contributed by atoms with E-state index in [1.807, 2.05) is 31.1 Å². The van der Waals surface area contributed by atoms with E-state index in [1.165, 1.54) is 0 Å². The van der Waals surface area contributed by atoms with Gasteiger partial charge in [0, 0.05) is 20.3 Å². The monoisotopic (exact) mass is 164 g/mol. The molecule has 0 radical (unpaired) electrons. The number of nitrogens with one attached hydrogen (secondary N) is 1. The second-order valence-corrected chi connectivity index (χ2v) is 2.68. The summed E-state index contributed by atoms with van der Waals surface area (Å²) in [7, 11) is 3.78. The molecule has 12 heavy (non-hydrogen) atoms. The molecule has 64 valence electrons. The average molecular weight is 164 g/mol. The first-order valence-electron chi connectivity index (χ1n) is 3.59. The first kappa shape index (κ1) is 8.52. The smallest absolute Gasteiger partial charge is 0.143 e. The molecule has 0 unspecified atom stereocenters. The molecule has 0 spiro atoms. The summed E-state index contributed by atoms with van der Waals surface area (Å²) in [6, 6.07) is 3.70. The van der Waals surface area contributed by atoms with Gasteiger partial charge in [-0.3, -0.25) is 10.4 Å². The Balaban J connectivity index is 3.17. The van der Waals surface area contributed by atoms with Gasteiger partial charge in [-0.2, -0.15) is 0 Å². The zero-order chi connectivity index (χ0) is 9.14. The van der Waals surface area contributed by atoms with Crippen molar-refractivity contribution in [2.24, 2.45) is 5.73 Å². The van der Waals surface area contributed by atoms with E-state index in [0.29, 0.717) is 5.69 Å². The highest BCUT2D eigenvalue weighted by molar-refractivity contribution is 5.98. The SMILES string of the molecule is CN(C)c1cccnc1C(=N)N. The molecule has 0 aliphatic rings. The van der Waals surface area contributed by atoms with Crippen molar-refractivity contribution in [2.75, 3.05) is 19.0 Å². The summed E-state index contributed by atoms with van der Waals surface area (Å²) < 4.78 is 0. The Hall–Kier alpha value is -1.58. The molecule has 0 aromatic carbocycles. The van der Waals surface area contributed by atoms with Crippen LogP contribution in [-0.2, 0) is 0 Å². The fourth-order valence-electron chi connectivity index (χ4n) is 0.965. The van der Waals surface area contributed by atoms with Gasteiger partial charge in [0.15, 0.2) is 0 Å². The van der Waals surface area contributed by atoms with Crippen LogP contribution in [-0.4, -0.2) is 24.9 Å². The van der Waals surface area contributed by atoms with Crippen molar-refractivity contribution in [2.45, 2.75) is 0 Å². The lowest BCUT2D eigenvalue weighted by Crippen LogP contribution is -2.19. The summed E-state index contributed by atoms with van der Waals surface area (Å²) in [5.41, 5.74) is 6.74. The maximum atomic E-state index is 7.26. The number of nitrogens with zero attached hydrogens (tertiary/aromatic N) is 2. The van der Waals surface area contributed by atoms with Crippen molar-refractivity contribution in [3.05, 3.63) is 24.0 Å². The van der Waals surface area contributed by atoms with E-state index in [0.717, 1.165) is 5.69 Å². The van der Waals surface area contributed by atoms with Crippen molar-refractivity contribution in [1.29, 1.82) is 5.41 Å². The Bertz CT molecular complexity index is 293. The van der Waals surface area contributed by atoms with Gasteiger partial charge in [0.1, 0.15) is 11.5 Å². The van der Waals surface area contributed by atoms with Gasteiger partial charge < -0.3 is 10.6 Å². The molecule has 4 nitrogen and oxygen atoms in total. The van der Waals surface area contributed by atoms with Crippen LogP contribution < -0.4 is 10.6 Å². The first-order valence-corrected chi connectivity index (χ1v) is 3.59. The lowest BCUT2D eigenvalue weighted by molar-refractivity contribution is 1.10. The van der Waals surface area contributed by atoms with Crippen LogP contribution in [0.25, 0.3) is 0 Å². The molecule has 0 atom stereocenters. The van der Waals surface area contributed by atoms with E-state index < -0.39 is 0 Å². The lowest BCUT2D eigenvalue weighted by atomic mass is 10.2. The largest absolute Gasteiger partial charge is 0.382 e. The van der Waals surface area contributed by atoms with Crippen LogP contribution in [0, 0.1) is 5.41 Å². The van der Waals surface area contributed by atoms with Gasteiger partial charge in [-0.05, 0) is 12.1 Å². The average Bonchev–Trinajstić information content (AvgIpc) is 2.04. The van der Waals surface area contributed by atoms with E-state index in [4.69, 9.17) is 11.1 Å².